The van der Waals surface area contributed by atoms with Crippen molar-refractivity contribution in [1.82, 2.24) is 9.88 Å². The van der Waals surface area contributed by atoms with E-state index in [1.807, 2.05) is 25.1 Å². The first-order valence-corrected chi connectivity index (χ1v) is 8.84. The molecule has 0 bridgehead atoms. The van der Waals surface area contributed by atoms with Gasteiger partial charge in [0.2, 0.25) is 0 Å². The second-order valence-electron chi connectivity index (χ2n) is 6.67. The minimum Gasteiger partial charge on any atom is -0.507 e. The molecule has 6 nitrogen and oxygen atoms in total. The molecule has 1 unspecified atom stereocenters. The second kappa shape index (κ2) is 7.15. The predicted octanol–water partition coefficient (Wildman–Crippen LogP) is 3.60. The van der Waals surface area contributed by atoms with Gasteiger partial charge in [-0.25, -0.2) is 0 Å². The van der Waals surface area contributed by atoms with Crippen molar-refractivity contribution in [3.8, 4) is 0 Å². The monoisotopic (exact) mass is 374 g/mol. The molecule has 1 aromatic carbocycles. The fraction of sp³-hybridized carbons (Fsp3) is 0.136. The van der Waals surface area contributed by atoms with E-state index in [-0.39, 0.29) is 17.9 Å². The molecular weight excluding hydrogens is 356 g/mol. The number of likely N-dealkylation sites (tertiary alicyclic amines) is 1. The van der Waals surface area contributed by atoms with Gasteiger partial charge in [-0.15, -0.1) is 0 Å². The van der Waals surface area contributed by atoms with Gasteiger partial charge in [0.1, 0.15) is 17.6 Å². The summed E-state index contributed by atoms with van der Waals surface area (Å²) in [5.41, 5.74) is 2.29. The zero-order valence-electron chi connectivity index (χ0n) is 15.2. The van der Waals surface area contributed by atoms with Crippen LogP contribution in [-0.4, -0.2) is 26.7 Å². The van der Waals surface area contributed by atoms with Gasteiger partial charge in [0.05, 0.1) is 11.8 Å². The lowest BCUT2D eigenvalue weighted by molar-refractivity contribution is -0.140. The Morgan fingerprint density at radius 2 is 1.93 bits per heavy atom. The number of pyridine rings is 1. The summed E-state index contributed by atoms with van der Waals surface area (Å²) >= 11 is 0. The van der Waals surface area contributed by atoms with Crippen LogP contribution in [0.2, 0.25) is 0 Å². The van der Waals surface area contributed by atoms with Crippen molar-refractivity contribution in [2.45, 2.75) is 19.5 Å². The van der Waals surface area contributed by atoms with Gasteiger partial charge in [0.25, 0.3) is 11.7 Å². The molecule has 1 aliphatic heterocycles. The van der Waals surface area contributed by atoms with Crippen LogP contribution in [0.4, 0.5) is 0 Å². The number of hydrogen-bond donors (Lipinski definition) is 1. The van der Waals surface area contributed by atoms with Crippen LogP contribution in [0.15, 0.2) is 77.2 Å². The number of amides is 1. The van der Waals surface area contributed by atoms with Gasteiger partial charge in [-0.05, 0) is 30.7 Å². The van der Waals surface area contributed by atoms with Crippen LogP contribution in [0, 0.1) is 6.92 Å². The quantitative estimate of drug-likeness (QED) is 0.428. The fourth-order valence-corrected chi connectivity index (χ4v) is 3.34. The Kier molecular flexibility index (Phi) is 4.53. The normalized spacial score (nSPS) is 18.6. The van der Waals surface area contributed by atoms with E-state index in [1.54, 1.807) is 42.7 Å². The minimum absolute atomic E-state index is 0.0210. The molecule has 28 heavy (non-hydrogen) atoms. The van der Waals surface area contributed by atoms with Crippen LogP contribution in [0.5, 0.6) is 0 Å². The van der Waals surface area contributed by atoms with E-state index in [0.717, 1.165) is 11.1 Å². The van der Waals surface area contributed by atoms with Crippen molar-refractivity contribution >= 4 is 17.4 Å². The van der Waals surface area contributed by atoms with Gasteiger partial charge in [-0.1, -0.05) is 35.9 Å². The van der Waals surface area contributed by atoms with Crippen molar-refractivity contribution in [2.24, 2.45) is 0 Å². The average Bonchev–Trinajstić information content (AvgIpc) is 3.32. The third-order valence-corrected chi connectivity index (χ3v) is 4.75. The highest BCUT2D eigenvalue weighted by Gasteiger charge is 2.47. The molecule has 2 aromatic heterocycles. The number of carbonyl (C=O) groups excluding carboxylic acids is 2. The van der Waals surface area contributed by atoms with Crippen LogP contribution < -0.4 is 0 Å². The van der Waals surface area contributed by atoms with Crippen molar-refractivity contribution in [3.63, 3.8) is 0 Å². The van der Waals surface area contributed by atoms with Crippen LogP contribution in [-0.2, 0) is 16.1 Å². The summed E-state index contributed by atoms with van der Waals surface area (Å²) in [5, 5.41) is 10.9. The van der Waals surface area contributed by atoms with E-state index in [1.165, 1.54) is 11.2 Å². The summed E-state index contributed by atoms with van der Waals surface area (Å²) in [4.78, 5) is 31.1. The molecule has 3 heterocycles. The van der Waals surface area contributed by atoms with Crippen molar-refractivity contribution in [2.75, 3.05) is 0 Å². The van der Waals surface area contributed by atoms with Gasteiger partial charge in [0.15, 0.2) is 0 Å². The molecule has 1 saturated heterocycles. The number of aryl methyl sites for hydroxylation is 1. The van der Waals surface area contributed by atoms with E-state index in [2.05, 4.69) is 4.98 Å². The van der Waals surface area contributed by atoms with E-state index >= 15 is 0 Å². The first kappa shape index (κ1) is 17.7. The number of Topliss-reactive ketones (excluding diaryl/α,β-unsaturated/α-hetero) is 1. The Labute approximate surface area is 161 Å². The summed E-state index contributed by atoms with van der Waals surface area (Å²) in [5.74, 6) is -1.22. The van der Waals surface area contributed by atoms with E-state index in [9.17, 15) is 14.7 Å². The molecule has 0 saturated carbocycles. The van der Waals surface area contributed by atoms with Gasteiger partial charge in [-0.3, -0.25) is 14.6 Å². The number of furan rings is 1. The molecule has 1 N–H and O–H groups in total. The molecule has 0 spiro atoms. The number of aliphatic hydroxyl groups excluding tert-OH is 1. The van der Waals surface area contributed by atoms with Crippen LogP contribution in [0.3, 0.4) is 0 Å². The van der Waals surface area contributed by atoms with Gasteiger partial charge < -0.3 is 14.4 Å². The number of carbonyl (C=O) groups is 2. The molecule has 0 radical (unpaired) electrons. The lowest BCUT2D eigenvalue weighted by Crippen LogP contribution is -2.29. The maximum atomic E-state index is 12.8. The van der Waals surface area contributed by atoms with Crippen molar-refractivity contribution in [3.05, 3.63) is 95.2 Å². The maximum absolute atomic E-state index is 12.8. The lowest BCUT2D eigenvalue weighted by Gasteiger charge is -2.23. The molecule has 1 atom stereocenters. The fourth-order valence-electron chi connectivity index (χ4n) is 3.34. The second-order valence-corrected chi connectivity index (χ2v) is 6.67. The van der Waals surface area contributed by atoms with Gasteiger partial charge in [0, 0.05) is 24.5 Å². The summed E-state index contributed by atoms with van der Waals surface area (Å²) in [6.45, 7) is 2.11. The van der Waals surface area contributed by atoms with Gasteiger partial charge >= 0.3 is 0 Å². The maximum Gasteiger partial charge on any atom is 0.296 e. The molecule has 0 aliphatic carbocycles. The lowest BCUT2D eigenvalue weighted by atomic mass is 9.98. The molecule has 1 aliphatic rings. The topological polar surface area (TPSA) is 83.6 Å². The molecule has 140 valence electrons. The van der Waals surface area contributed by atoms with Crippen molar-refractivity contribution in [1.29, 1.82) is 0 Å². The average molecular weight is 374 g/mol. The Bertz CT molecular complexity index is 1040. The van der Waals surface area contributed by atoms with E-state index in [4.69, 9.17) is 4.42 Å². The smallest absolute Gasteiger partial charge is 0.296 e. The third kappa shape index (κ3) is 3.09. The van der Waals surface area contributed by atoms with Crippen molar-refractivity contribution < 1.29 is 19.1 Å². The molecule has 1 amide bonds. The summed E-state index contributed by atoms with van der Waals surface area (Å²) in [6.07, 6.45) is 4.75. The molecule has 3 aromatic rings. The number of benzene rings is 1. The number of aromatic nitrogens is 1. The number of ketones is 1. The standard InChI is InChI=1S/C22H18N2O4/c1-14-6-8-16(9-7-14)20(25)18-19(17-5-3-11-28-17)24(22(27)21(18)26)13-15-4-2-10-23-12-15/h2-12,19,25H,13H2,1H3/b20-18-. The highest BCUT2D eigenvalue weighted by Crippen LogP contribution is 2.40. The molecule has 1 fully saturated rings. The first-order valence-electron chi connectivity index (χ1n) is 8.84. The number of hydrogen-bond acceptors (Lipinski definition) is 5. The Morgan fingerprint density at radius 3 is 2.57 bits per heavy atom. The van der Waals surface area contributed by atoms with Crippen LogP contribution in [0.25, 0.3) is 5.76 Å². The zero-order chi connectivity index (χ0) is 19.7. The summed E-state index contributed by atoms with van der Waals surface area (Å²) < 4.78 is 5.51. The third-order valence-electron chi connectivity index (χ3n) is 4.75. The highest BCUT2D eigenvalue weighted by atomic mass is 16.3. The Morgan fingerprint density at radius 1 is 1.14 bits per heavy atom. The van der Waals surface area contributed by atoms with Crippen LogP contribution >= 0.6 is 0 Å². The zero-order valence-corrected chi connectivity index (χ0v) is 15.2. The number of rotatable bonds is 4. The Hall–Kier alpha value is -3.67. The SMILES string of the molecule is Cc1ccc(/C(O)=C2/C(=O)C(=O)N(Cc3cccnc3)C2c2ccco2)cc1. The summed E-state index contributed by atoms with van der Waals surface area (Å²) in [6, 6.07) is 13.3. The van der Waals surface area contributed by atoms with E-state index in [0.29, 0.717) is 11.3 Å². The number of aliphatic hydroxyl groups is 1. The molecule has 6 heteroatoms. The van der Waals surface area contributed by atoms with Gasteiger partial charge in [-0.2, -0.15) is 0 Å². The largest absolute Gasteiger partial charge is 0.507 e. The predicted molar refractivity (Wildman–Crippen MR) is 102 cm³/mol. The summed E-state index contributed by atoms with van der Waals surface area (Å²) in [7, 11) is 0. The van der Waals surface area contributed by atoms with Crippen LogP contribution in [0.1, 0.15) is 28.5 Å². The number of nitrogens with zero attached hydrogens (tertiary/aromatic N) is 2. The van der Waals surface area contributed by atoms with E-state index < -0.39 is 17.7 Å². The Balaban J connectivity index is 1.83. The molecular formula is C22H18N2O4. The highest BCUT2D eigenvalue weighted by molar-refractivity contribution is 6.46. The molecule has 4 rings (SSSR count). The minimum atomic E-state index is -0.809. The first-order chi connectivity index (χ1) is 13.6.